The zero-order chi connectivity index (χ0) is 21.7. The molecule has 0 N–H and O–H groups in total. The minimum atomic E-state index is 0. The molecule has 0 bridgehead atoms. The Morgan fingerprint density at radius 2 is 1.91 bits per heavy atom. The zero-order valence-electron chi connectivity index (χ0n) is 17.6. The van der Waals surface area contributed by atoms with Crippen LogP contribution in [0.15, 0.2) is 60.8 Å². The minimum absolute atomic E-state index is 0. The van der Waals surface area contributed by atoms with Crippen LogP contribution in [-0.4, -0.2) is 14.1 Å². The smallest absolute Gasteiger partial charge is 0.242 e. The Bertz CT molecular complexity index is 1540. The van der Waals surface area contributed by atoms with Gasteiger partial charge in [0.15, 0.2) is 0 Å². The van der Waals surface area contributed by atoms with Crippen LogP contribution in [0.2, 0.25) is 0 Å². The summed E-state index contributed by atoms with van der Waals surface area (Å²) in [6, 6.07) is 24.6. The maximum absolute atomic E-state index is 7.34. The van der Waals surface area contributed by atoms with E-state index in [1.807, 2.05) is 63.2 Å². The summed E-state index contributed by atoms with van der Waals surface area (Å²) in [6.45, 7) is 8.09. The Hall–Kier alpha value is -3.68. The molecule has 0 spiro atoms. The van der Waals surface area contributed by atoms with E-state index in [9.17, 15) is 0 Å². The number of rotatable bonds is 3. The van der Waals surface area contributed by atoms with E-state index in [0.29, 0.717) is 17.3 Å². The van der Waals surface area contributed by atoms with Gasteiger partial charge in [0.05, 0.1) is 24.6 Å². The second-order valence-corrected chi connectivity index (χ2v) is 7.66. The van der Waals surface area contributed by atoms with Crippen molar-refractivity contribution in [2.75, 3.05) is 0 Å². The van der Waals surface area contributed by atoms with Crippen LogP contribution in [0, 0.1) is 25.0 Å². The first-order valence-electron chi connectivity index (χ1n) is 10.3. The van der Waals surface area contributed by atoms with E-state index in [1.165, 1.54) is 0 Å². The van der Waals surface area contributed by atoms with Crippen molar-refractivity contribution in [3.8, 4) is 28.6 Å². The molecule has 3 aromatic carbocycles. The minimum Gasteiger partial charge on any atom is -0.504 e. The zero-order valence-corrected chi connectivity index (χ0v) is 19.9. The molecule has 1 aliphatic rings. The second kappa shape index (κ2) is 8.35. The van der Waals surface area contributed by atoms with Gasteiger partial charge in [0.1, 0.15) is 5.82 Å². The quantitative estimate of drug-likeness (QED) is 0.221. The van der Waals surface area contributed by atoms with Gasteiger partial charge < -0.3 is 23.3 Å². The van der Waals surface area contributed by atoms with Crippen LogP contribution in [0.5, 0.6) is 11.5 Å². The molecule has 6 nitrogen and oxygen atoms in total. The average Bonchev–Trinajstić information content (AvgIpc) is 3.41. The standard InChI is InChI=1S/C26H17N5O.Pt/c1-27-25-16-28-26-22-15-21(11-10-18(22)12-13-30(25)26)32-20-7-5-6-19(14-20)31-17-29(2)23-8-3-4-9-24(23)31;/h3-11,16H,12-13H2,2H3;/q-2;. The van der Waals surface area contributed by atoms with Crippen molar-refractivity contribution in [3.63, 3.8) is 0 Å². The van der Waals surface area contributed by atoms with Crippen molar-refractivity contribution in [1.82, 2.24) is 14.1 Å². The first kappa shape index (κ1) is 21.2. The fourth-order valence-corrected chi connectivity index (χ4v) is 4.20. The number of imidazole rings is 2. The number of ether oxygens (including phenoxy) is 1. The van der Waals surface area contributed by atoms with Crippen molar-refractivity contribution in [1.29, 1.82) is 0 Å². The molecule has 7 heteroatoms. The molecule has 5 aromatic rings. The molecule has 3 heterocycles. The molecule has 0 unspecified atom stereocenters. The van der Waals surface area contributed by atoms with E-state index >= 15 is 0 Å². The third kappa shape index (κ3) is 3.55. The number of aromatic nitrogens is 4. The molecule has 164 valence electrons. The number of benzene rings is 3. The number of nitrogens with zero attached hydrogens (tertiary/aromatic N) is 5. The average molecular weight is 611 g/mol. The summed E-state index contributed by atoms with van der Waals surface area (Å²) < 4.78 is 12.0. The summed E-state index contributed by atoms with van der Waals surface area (Å²) in [5, 5.41) is 0. The van der Waals surface area contributed by atoms with Gasteiger partial charge >= 0.3 is 0 Å². The molecule has 0 radical (unpaired) electrons. The first-order valence-corrected chi connectivity index (χ1v) is 10.3. The van der Waals surface area contributed by atoms with Gasteiger partial charge in [-0.1, -0.05) is 48.2 Å². The normalized spacial score (nSPS) is 11.9. The topological polar surface area (TPSA) is 40.2 Å². The van der Waals surface area contributed by atoms with Crippen LogP contribution in [0.4, 0.5) is 5.82 Å². The van der Waals surface area contributed by atoms with Gasteiger partial charge in [0.25, 0.3) is 0 Å². The summed E-state index contributed by atoms with van der Waals surface area (Å²) in [7, 11) is 1.98. The summed E-state index contributed by atoms with van der Waals surface area (Å²) in [6.07, 6.45) is 5.78. The molecule has 0 saturated heterocycles. The predicted octanol–water partition coefficient (Wildman–Crippen LogP) is 4.62. The predicted molar refractivity (Wildman–Crippen MR) is 119 cm³/mol. The van der Waals surface area contributed by atoms with Crippen LogP contribution in [0.1, 0.15) is 5.56 Å². The van der Waals surface area contributed by atoms with Crippen molar-refractivity contribution < 1.29 is 30.4 Å². The molecular weight excluding hydrogens is 593 g/mol. The Morgan fingerprint density at radius 3 is 2.79 bits per heavy atom. The molecule has 0 saturated carbocycles. The van der Waals surface area contributed by atoms with Gasteiger partial charge in [-0.25, -0.2) is 0 Å². The van der Waals surface area contributed by atoms with E-state index < -0.39 is 0 Å². The second-order valence-electron chi connectivity index (χ2n) is 7.66. The largest absolute Gasteiger partial charge is 0.504 e. The first-order chi connectivity index (χ1) is 15.7. The fraction of sp³-hybridized carbons (Fsp3) is 0.115. The van der Waals surface area contributed by atoms with Crippen molar-refractivity contribution in [3.05, 3.63) is 96.2 Å². The van der Waals surface area contributed by atoms with E-state index in [4.69, 9.17) is 11.3 Å². The third-order valence-corrected chi connectivity index (χ3v) is 5.73. The van der Waals surface area contributed by atoms with Gasteiger partial charge in [-0.3, -0.25) is 4.98 Å². The van der Waals surface area contributed by atoms with Gasteiger partial charge in [0, 0.05) is 38.8 Å². The monoisotopic (exact) mass is 610 g/mol. The molecule has 1 aliphatic heterocycles. The Labute approximate surface area is 205 Å². The van der Waals surface area contributed by atoms with Crippen molar-refractivity contribution >= 4 is 16.9 Å². The fourth-order valence-electron chi connectivity index (χ4n) is 4.20. The molecule has 0 fully saturated rings. The van der Waals surface area contributed by atoms with Gasteiger partial charge in [-0.05, 0) is 6.42 Å². The maximum atomic E-state index is 7.34. The van der Waals surface area contributed by atoms with Crippen LogP contribution in [0.3, 0.4) is 0 Å². The van der Waals surface area contributed by atoms with E-state index in [-0.39, 0.29) is 21.1 Å². The maximum Gasteiger partial charge on any atom is 0.242 e. The summed E-state index contributed by atoms with van der Waals surface area (Å²) in [5.74, 6) is 2.49. The van der Waals surface area contributed by atoms with Gasteiger partial charge in [-0.15, -0.1) is 29.8 Å². The number of hydrogen-bond donors (Lipinski definition) is 0. The van der Waals surface area contributed by atoms with E-state index in [1.54, 1.807) is 6.20 Å². The third-order valence-electron chi connectivity index (χ3n) is 5.73. The van der Waals surface area contributed by atoms with Crippen LogP contribution in [-0.2, 0) is 41.1 Å². The van der Waals surface area contributed by atoms with Gasteiger partial charge in [-0.2, -0.15) is 12.1 Å². The molecule has 2 aromatic heterocycles. The molecule has 0 amide bonds. The van der Waals surface area contributed by atoms with E-state index in [2.05, 4.69) is 40.4 Å². The molecule has 0 atom stereocenters. The summed E-state index contributed by atoms with van der Waals surface area (Å²) >= 11 is 0. The van der Waals surface area contributed by atoms with Crippen molar-refractivity contribution in [2.24, 2.45) is 7.05 Å². The number of fused-ring (bicyclic) bond motifs is 4. The van der Waals surface area contributed by atoms with E-state index in [0.717, 1.165) is 46.6 Å². The molecule has 6 rings (SSSR count). The van der Waals surface area contributed by atoms with Crippen LogP contribution < -0.4 is 9.30 Å². The Kier molecular flexibility index (Phi) is 5.36. The van der Waals surface area contributed by atoms with Crippen LogP contribution >= 0.6 is 0 Å². The Balaban J connectivity index is 0.00000228. The number of hydrogen-bond acceptors (Lipinski definition) is 2. The summed E-state index contributed by atoms with van der Waals surface area (Å²) in [5.41, 5.74) is 5.02. The molecule has 33 heavy (non-hydrogen) atoms. The summed E-state index contributed by atoms with van der Waals surface area (Å²) in [4.78, 5) is 8.01. The van der Waals surface area contributed by atoms with Gasteiger partial charge in [0.2, 0.25) is 12.1 Å². The Morgan fingerprint density at radius 1 is 1.06 bits per heavy atom. The SMILES string of the molecule is [C-]#[N+]c1cnc2n1CCc1ccc(Oc3[c-]c(-n4[c-][n+](C)c5ccccc54)ccc3)[c-]c1-2.[Pt]. The van der Waals surface area contributed by atoms with Crippen molar-refractivity contribution in [2.45, 2.75) is 13.0 Å². The molecular formula is C26H17N5OPt-2. The van der Waals surface area contributed by atoms with Crippen LogP contribution in [0.25, 0.3) is 33.0 Å². The number of para-hydroxylation sites is 2. The number of aryl methyl sites for hydroxylation is 2. The molecule has 0 aliphatic carbocycles.